The van der Waals surface area contributed by atoms with Crippen LogP contribution in [0.5, 0.6) is 0 Å². The highest BCUT2D eigenvalue weighted by Crippen LogP contribution is 2.23. The second-order valence-corrected chi connectivity index (χ2v) is 5.53. The molecule has 0 atom stereocenters. The number of alkyl halides is 2. The fourth-order valence-corrected chi connectivity index (χ4v) is 1.31. The first-order chi connectivity index (χ1) is 7.52. The molecule has 0 saturated carbocycles. The molecule has 0 N–H and O–H groups in total. The molecule has 0 heterocycles. The van der Waals surface area contributed by atoms with Crippen molar-refractivity contribution in [2.45, 2.75) is 52.6 Å². The molecule has 0 aromatic carbocycles. The van der Waals surface area contributed by atoms with E-state index in [0.29, 0.717) is 0 Å². The van der Waals surface area contributed by atoms with Crippen molar-refractivity contribution in [1.29, 1.82) is 0 Å². The minimum absolute atomic E-state index is 0.116. The summed E-state index contributed by atoms with van der Waals surface area (Å²) >= 11 is 0. The highest BCUT2D eigenvalue weighted by molar-refractivity contribution is 5.71. The molecular formula is C12H22F2O3. The van der Waals surface area contributed by atoms with E-state index in [1.165, 1.54) is 0 Å². The van der Waals surface area contributed by atoms with E-state index >= 15 is 0 Å². The van der Waals surface area contributed by atoms with Gasteiger partial charge in [-0.15, -0.1) is 0 Å². The van der Waals surface area contributed by atoms with Crippen LogP contribution >= 0.6 is 0 Å². The number of ether oxygens (including phenoxy) is 2. The summed E-state index contributed by atoms with van der Waals surface area (Å²) in [6.07, 6.45) is -0.249. The van der Waals surface area contributed by atoms with Crippen LogP contribution in [0.3, 0.4) is 0 Å². The summed E-state index contributed by atoms with van der Waals surface area (Å²) < 4.78 is 36.0. The largest absolute Gasteiger partial charge is 0.458 e. The number of hydrogen-bond donors (Lipinski definition) is 0. The average Bonchev–Trinajstić information content (AvgIpc) is 1.95. The molecule has 0 aliphatic heterocycles. The maximum Gasteiger partial charge on any atom is 0.332 e. The molecule has 0 bridgehead atoms. The molecule has 0 saturated heterocycles. The van der Waals surface area contributed by atoms with Crippen molar-refractivity contribution < 1.29 is 23.0 Å². The molecule has 0 aromatic heterocycles. The standard InChI is InChI=1S/C12H22F2O3/c1-9(2)6-12(13,14)8-16-7-10(15)17-11(3,4)5/h9H,6-8H2,1-5H3. The Morgan fingerprint density at radius 3 is 2.18 bits per heavy atom. The Bertz CT molecular complexity index is 245. The molecule has 3 nitrogen and oxygen atoms in total. The Hall–Kier alpha value is -0.710. The van der Waals surface area contributed by atoms with Crippen molar-refractivity contribution in [2.24, 2.45) is 5.92 Å². The molecular weight excluding hydrogens is 230 g/mol. The van der Waals surface area contributed by atoms with Gasteiger partial charge in [-0.3, -0.25) is 0 Å². The molecule has 0 radical (unpaired) electrons. The van der Waals surface area contributed by atoms with Gasteiger partial charge in [-0.2, -0.15) is 0 Å². The van der Waals surface area contributed by atoms with Gasteiger partial charge in [0, 0.05) is 6.42 Å². The molecule has 0 aliphatic carbocycles. The van der Waals surface area contributed by atoms with Crippen LogP contribution in [0.15, 0.2) is 0 Å². The lowest BCUT2D eigenvalue weighted by atomic mass is 10.1. The van der Waals surface area contributed by atoms with Gasteiger partial charge in [0.1, 0.15) is 18.8 Å². The van der Waals surface area contributed by atoms with E-state index in [4.69, 9.17) is 4.74 Å². The van der Waals surface area contributed by atoms with Gasteiger partial charge in [-0.05, 0) is 26.7 Å². The van der Waals surface area contributed by atoms with Gasteiger partial charge in [0.15, 0.2) is 0 Å². The van der Waals surface area contributed by atoms with Gasteiger partial charge in [0.25, 0.3) is 5.92 Å². The molecule has 0 spiro atoms. The minimum Gasteiger partial charge on any atom is -0.458 e. The first-order valence-electron chi connectivity index (χ1n) is 5.69. The summed E-state index contributed by atoms with van der Waals surface area (Å²) in [6, 6.07) is 0. The summed E-state index contributed by atoms with van der Waals surface area (Å²) in [6.45, 7) is 7.35. The van der Waals surface area contributed by atoms with Crippen LogP contribution in [-0.4, -0.2) is 30.7 Å². The lowest BCUT2D eigenvalue weighted by Gasteiger charge is -2.21. The number of carbonyl (C=O) groups excluding carboxylic acids is 1. The number of halogens is 2. The lowest BCUT2D eigenvalue weighted by Crippen LogP contribution is -2.30. The molecule has 5 heteroatoms. The molecule has 0 unspecified atom stereocenters. The predicted molar refractivity (Wildman–Crippen MR) is 61.1 cm³/mol. The monoisotopic (exact) mass is 252 g/mol. The van der Waals surface area contributed by atoms with Crippen LogP contribution < -0.4 is 0 Å². The van der Waals surface area contributed by atoms with E-state index in [9.17, 15) is 13.6 Å². The first kappa shape index (κ1) is 16.3. The highest BCUT2D eigenvalue weighted by Gasteiger charge is 2.30. The zero-order valence-electron chi connectivity index (χ0n) is 11.2. The highest BCUT2D eigenvalue weighted by atomic mass is 19.3. The lowest BCUT2D eigenvalue weighted by molar-refractivity contribution is -0.164. The summed E-state index contributed by atoms with van der Waals surface area (Å²) in [5.41, 5.74) is -0.624. The first-order valence-corrected chi connectivity index (χ1v) is 5.69. The van der Waals surface area contributed by atoms with Gasteiger partial charge in [-0.25, -0.2) is 13.6 Å². The van der Waals surface area contributed by atoms with Gasteiger partial charge < -0.3 is 9.47 Å². The van der Waals surface area contributed by atoms with E-state index in [1.807, 2.05) is 0 Å². The Balaban J connectivity index is 3.87. The third-order valence-corrected chi connectivity index (χ3v) is 1.66. The van der Waals surface area contributed by atoms with Crippen molar-refractivity contribution in [3.05, 3.63) is 0 Å². The van der Waals surface area contributed by atoms with Gasteiger partial charge >= 0.3 is 5.97 Å². The normalized spacial score (nSPS) is 12.9. The topological polar surface area (TPSA) is 35.5 Å². The fourth-order valence-electron chi connectivity index (χ4n) is 1.31. The second kappa shape index (κ2) is 6.28. The van der Waals surface area contributed by atoms with Crippen molar-refractivity contribution in [3.8, 4) is 0 Å². The summed E-state index contributed by atoms with van der Waals surface area (Å²) in [4.78, 5) is 11.2. The number of rotatable bonds is 6. The molecule has 0 aromatic rings. The molecule has 0 fully saturated rings. The Morgan fingerprint density at radius 1 is 1.24 bits per heavy atom. The van der Waals surface area contributed by atoms with Crippen molar-refractivity contribution >= 4 is 5.97 Å². The number of carbonyl (C=O) groups is 1. The molecule has 102 valence electrons. The summed E-state index contributed by atoms with van der Waals surface area (Å²) in [5.74, 6) is -3.64. The van der Waals surface area contributed by atoms with Crippen LogP contribution in [-0.2, 0) is 14.3 Å². The van der Waals surface area contributed by atoms with Crippen molar-refractivity contribution in [3.63, 3.8) is 0 Å². The predicted octanol–water partition coefficient (Wildman–Crippen LogP) is 3.03. The van der Waals surface area contributed by atoms with Crippen molar-refractivity contribution in [1.82, 2.24) is 0 Å². The molecule has 0 amide bonds. The zero-order chi connectivity index (χ0) is 13.7. The smallest absolute Gasteiger partial charge is 0.332 e. The molecule has 17 heavy (non-hydrogen) atoms. The molecule has 0 rings (SSSR count). The zero-order valence-corrected chi connectivity index (χ0v) is 11.2. The van der Waals surface area contributed by atoms with E-state index in [1.54, 1.807) is 34.6 Å². The Labute approximate surface area is 101 Å². The average molecular weight is 252 g/mol. The van der Waals surface area contributed by atoms with Crippen LogP contribution in [0.2, 0.25) is 0 Å². The van der Waals surface area contributed by atoms with E-state index in [-0.39, 0.29) is 12.3 Å². The SMILES string of the molecule is CC(C)CC(F)(F)COCC(=O)OC(C)(C)C. The molecule has 0 aliphatic rings. The summed E-state index contributed by atoms with van der Waals surface area (Å²) in [7, 11) is 0. The van der Waals surface area contributed by atoms with Crippen LogP contribution in [0.25, 0.3) is 0 Å². The van der Waals surface area contributed by atoms with Crippen LogP contribution in [0, 0.1) is 5.92 Å². The quantitative estimate of drug-likeness (QED) is 0.682. The Morgan fingerprint density at radius 2 is 1.76 bits per heavy atom. The number of esters is 1. The van der Waals surface area contributed by atoms with Gasteiger partial charge in [-0.1, -0.05) is 13.8 Å². The minimum atomic E-state index is -2.89. The maximum absolute atomic E-state index is 13.2. The van der Waals surface area contributed by atoms with Crippen molar-refractivity contribution in [2.75, 3.05) is 13.2 Å². The maximum atomic E-state index is 13.2. The third kappa shape index (κ3) is 10.2. The van der Waals surface area contributed by atoms with E-state index in [0.717, 1.165) is 0 Å². The van der Waals surface area contributed by atoms with Crippen LogP contribution in [0.4, 0.5) is 8.78 Å². The van der Waals surface area contributed by atoms with Crippen LogP contribution in [0.1, 0.15) is 41.0 Å². The van der Waals surface area contributed by atoms with E-state index in [2.05, 4.69) is 4.74 Å². The summed E-state index contributed by atoms with van der Waals surface area (Å²) in [5, 5.41) is 0. The fraction of sp³-hybridized carbons (Fsp3) is 0.917. The number of hydrogen-bond acceptors (Lipinski definition) is 3. The van der Waals surface area contributed by atoms with E-state index < -0.39 is 30.7 Å². The van der Waals surface area contributed by atoms with Gasteiger partial charge in [0.2, 0.25) is 0 Å². The third-order valence-electron chi connectivity index (χ3n) is 1.66. The Kier molecular flexibility index (Phi) is 6.02. The van der Waals surface area contributed by atoms with Gasteiger partial charge in [0.05, 0.1) is 0 Å². The second-order valence-electron chi connectivity index (χ2n) is 5.53.